The molecule has 21 heavy (non-hydrogen) atoms. The molecule has 0 fully saturated rings. The number of rotatable bonds is 7. The minimum atomic E-state index is -0.266. The zero-order valence-corrected chi connectivity index (χ0v) is 13.0. The van der Waals surface area contributed by atoms with Crippen LogP contribution in [0.15, 0.2) is 54.6 Å². The lowest BCUT2D eigenvalue weighted by atomic mass is 10.1. The first-order valence-electron chi connectivity index (χ1n) is 7.68. The van der Waals surface area contributed by atoms with Crippen LogP contribution < -0.4 is 0 Å². The summed E-state index contributed by atoms with van der Waals surface area (Å²) in [5.74, 6) is 0. The van der Waals surface area contributed by atoms with E-state index in [4.69, 9.17) is 0 Å². The van der Waals surface area contributed by atoms with Gasteiger partial charge in [-0.1, -0.05) is 61.5 Å². The van der Waals surface area contributed by atoms with Crippen molar-refractivity contribution in [2.45, 2.75) is 39.5 Å². The van der Waals surface area contributed by atoms with Gasteiger partial charge in [0.2, 0.25) is 0 Å². The summed E-state index contributed by atoms with van der Waals surface area (Å²) in [5, 5.41) is 10.0. The Kier molecular flexibility index (Phi) is 5.97. The van der Waals surface area contributed by atoms with Crippen LogP contribution in [0.1, 0.15) is 30.0 Å². The van der Waals surface area contributed by atoms with Gasteiger partial charge in [0.25, 0.3) is 0 Å². The maximum absolute atomic E-state index is 10.0. The predicted octanol–water partition coefficient (Wildman–Crippen LogP) is 3.77. The molecule has 0 aromatic heterocycles. The minimum absolute atomic E-state index is 0.266. The first kappa shape index (κ1) is 15.7. The van der Waals surface area contributed by atoms with Crippen molar-refractivity contribution in [3.63, 3.8) is 0 Å². The van der Waals surface area contributed by atoms with Crippen molar-refractivity contribution in [2.75, 3.05) is 6.54 Å². The van der Waals surface area contributed by atoms with Crippen LogP contribution in [0.2, 0.25) is 0 Å². The van der Waals surface area contributed by atoms with E-state index in [1.807, 2.05) is 13.0 Å². The highest BCUT2D eigenvalue weighted by atomic mass is 16.3. The van der Waals surface area contributed by atoms with Crippen molar-refractivity contribution in [3.8, 4) is 0 Å². The quantitative estimate of drug-likeness (QED) is 0.836. The molecule has 1 unspecified atom stereocenters. The average molecular weight is 283 g/mol. The largest absolute Gasteiger partial charge is 0.392 e. The summed E-state index contributed by atoms with van der Waals surface area (Å²) in [6, 6.07) is 18.9. The van der Waals surface area contributed by atoms with Gasteiger partial charge in [-0.3, -0.25) is 4.90 Å². The molecular formula is C19H25NO. The van der Waals surface area contributed by atoms with Gasteiger partial charge in [-0.25, -0.2) is 0 Å². The SMILES string of the molecule is CCC(O)CN(Cc1ccccc1)Cc1ccccc1C. The predicted molar refractivity (Wildman–Crippen MR) is 88.0 cm³/mol. The topological polar surface area (TPSA) is 23.5 Å². The highest BCUT2D eigenvalue weighted by Gasteiger charge is 2.12. The van der Waals surface area contributed by atoms with Gasteiger partial charge >= 0.3 is 0 Å². The van der Waals surface area contributed by atoms with E-state index in [1.165, 1.54) is 16.7 Å². The van der Waals surface area contributed by atoms with E-state index in [2.05, 4.69) is 60.4 Å². The third-order valence-electron chi connectivity index (χ3n) is 3.84. The second-order valence-electron chi connectivity index (χ2n) is 5.64. The molecule has 2 aromatic carbocycles. The van der Waals surface area contributed by atoms with Crippen LogP contribution in [0, 0.1) is 6.92 Å². The molecule has 2 rings (SSSR count). The Balaban J connectivity index is 2.10. The van der Waals surface area contributed by atoms with Crippen LogP contribution in [-0.4, -0.2) is 22.7 Å². The van der Waals surface area contributed by atoms with E-state index in [9.17, 15) is 5.11 Å². The van der Waals surface area contributed by atoms with E-state index in [0.717, 1.165) is 19.5 Å². The maximum atomic E-state index is 10.0. The molecule has 0 aliphatic carbocycles. The Morgan fingerprint density at radius 1 is 0.952 bits per heavy atom. The van der Waals surface area contributed by atoms with Gasteiger partial charge < -0.3 is 5.11 Å². The van der Waals surface area contributed by atoms with Gasteiger partial charge in [-0.15, -0.1) is 0 Å². The molecule has 0 heterocycles. The molecule has 2 aromatic rings. The highest BCUT2D eigenvalue weighted by Crippen LogP contribution is 2.14. The lowest BCUT2D eigenvalue weighted by Gasteiger charge is -2.25. The van der Waals surface area contributed by atoms with Crippen molar-refractivity contribution in [1.29, 1.82) is 0 Å². The molecule has 0 radical (unpaired) electrons. The van der Waals surface area contributed by atoms with E-state index < -0.39 is 0 Å². The molecule has 1 atom stereocenters. The lowest BCUT2D eigenvalue weighted by Crippen LogP contribution is -2.31. The summed E-state index contributed by atoms with van der Waals surface area (Å²) in [5.41, 5.74) is 3.92. The molecule has 0 amide bonds. The fourth-order valence-electron chi connectivity index (χ4n) is 2.48. The summed E-state index contributed by atoms with van der Waals surface area (Å²) < 4.78 is 0. The van der Waals surface area contributed by atoms with Crippen molar-refractivity contribution in [1.82, 2.24) is 4.90 Å². The zero-order valence-electron chi connectivity index (χ0n) is 13.0. The van der Waals surface area contributed by atoms with E-state index in [0.29, 0.717) is 6.54 Å². The molecule has 0 bridgehead atoms. The Bertz CT molecular complexity index is 538. The van der Waals surface area contributed by atoms with Gasteiger partial charge in [-0.2, -0.15) is 0 Å². The lowest BCUT2D eigenvalue weighted by molar-refractivity contribution is 0.101. The van der Waals surface area contributed by atoms with Crippen molar-refractivity contribution in [2.24, 2.45) is 0 Å². The first-order chi connectivity index (χ1) is 10.2. The molecule has 1 N–H and O–H groups in total. The summed E-state index contributed by atoms with van der Waals surface area (Å²) in [6.07, 6.45) is 0.525. The molecule has 0 aliphatic rings. The van der Waals surface area contributed by atoms with Crippen LogP contribution in [0.25, 0.3) is 0 Å². The number of benzene rings is 2. The number of aryl methyl sites for hydroxylation is 1. The van der Waals surface area contributed by atoms with Crippen LogP contribution >= 0.6 is 0 Å². The molecule has 2 nitrogen and oxygen atoms in total. The molecule has 0 aliphatic heterocycles. The van der Waals surface area contributed by atoms with E-state index >= 15 is 0 Å². The van der Waals surface area contributed by atoms with Crippen LogP contribution in [0.3, 0.4) is 0 Å². The Morgan fingerprint density at radius 3 is 2.29 bits per heavy atom. The number of hydrogen-bond acceptors (Lipinski definition) is 2. The van der Waals surface area contributed by atoms with Gasteiger partial charge in [0.15, 0.2) is 0 Å². The zero-order chi connectivity index (χ0) is 15.1. The molecular weight excluding hydrogens is 258 g/mol. The first-order valence-corrected chi connectivity index (χ1v) is 7.68. The van der Waals surface area contributed by atoms with Gasteiger partial charge in [-0.05, 0) is 30.0 Å². The van der Waals surface area contributed by atoms with E-state index in [-0.39, 0.29) is 6.10 Å². The number of aliphatic hydroxyl groups is 1. The summed E-state index contributed by atoms with van der Waals surface area (Å²) >= 11 is 0. The Labute approximate surface area is 128 Å². The maximum Gasteiger partial charge on any atom is 0.0664 e. The third-order valence-corrected chi connectivity index (χ3v) is 3.84. The number of nitrogens with zero attached hydrogens (tertiary/aromatic N) is 1. The molecule has 112 valence electrons. The minimum Gasteiger partial charge on any atom is -0.392 e. The van der Waals surface area contributed by atoms with Gasteiger partial charge in [0.05, 0.1) is 6.10 Å². The van der Waals surface area contributed by atoms with Crippen molar-refractivity contribution < 1.29 is 5.11 Å². The van der Waals surface area contributed by atoms with E-state index in [1.54, 1.807) is 0 Å². The third kappa shape index (κ3) is 5.00. The molecule has 2 heteroatoms. The van der Waals surface area contributed by atoms with Gasteiger partial charge in [0, 0.05) is 19.6 Å². The smallest absolute Gasteiger partial charge is 0.0664 e. The van der Waals surface area contributed by atoms with Crippen molar-refractivity contribution >= 4 is 0 Å². The standard InChI is InChI=1S/C19H25NO/c1-3-19(21)15-20(13-17-10-5-4-6-11-17)14-18-12-8-7-9-16(18)2/h4-12,19,21H,3,13-15H2,1-2H3. The highest BCUT2D eigenvalue weighted by molar-refractivity contribution is 5.25. The fraction of sp³-hybridized carbons (Fsp3) is 0.368. The number of hydrogen-bond donors (Lipinski definition) is 1. The Morgan fingerprint density at radius 2 is 1.62 bits per heavy atom. The molecule has 0 saturated carbocycles. The average Bonchev–Trinajstić information content (AvgIpc) is 2.50. The monoisotopic (exact) mass is 283 g/mol. The molecule has 0 saturated heterocycles. The second kappa shape index (κ2) is 7.96. The van der Waals surface area contributed by atoms with Crippen molar-refractivity contribution in [3.05, 3.63) is 71.3 Å². The summed E-state index contributed by atoms with van der Waals surface area (Å²) in [4.78, 5) is 2.33. The number of aliphatic hydroxyl groups excluding tert-OH is 1. The van der Waals surface area contributed by atoms with Crippen LogP contribution in [-0.2, 0) is 13.1 Å². The fourth-order valence-corrected chi connectivity index (χ4v) is 2.48. The second-order valence-corrected chi connectivity index (χ2v) is 5.64. The van der Waals surface area contributed by atoms with Gasteiger partial charge in [0.1, 0.15) is 0 Å². The van der Waals surface area contributed by atoms with Crippen LogP contribution in [0.4, 0.5) is 0 Å². The normalized spacial score (nSPS) is 12.6. The summed E-state index contributed by atoms with van der Waals surface area (Å²) in [7, 11) is 0. The summed E-state index contributed by atoms with van der Waals surface area (Å²) in [6.45, 7) is 6.62. The Hall–Kier alpha value is -1.64. The molecule has 0 spiro atoms. The van der Waals surface area contributed by atoms with Crippen LogP contribution in [0.5, 0.6) is 0 Å².